The van der Waals surface area contributed by atoms with Crippen molar-refractivity contribution in [3.8, 4) is 17.6 Å². The molecule has 3 amide bonds. The zero-order chi connectivity index (χ0) is 23.2. The molecule has 7 nitrogen and oxygen atoms in total. The van der Waals surface area contributed by atoms with Crippen molar-refractivity contribution in [1.82, 2.24) is 10.2 Å². The van der Waals surface area contributed by atoms with Crippen molar-refractivity contribution in [2.24, 2.45) is 0 Å². The maximum absolute atomic E-state index is 12.8. The molecule has 0 radical (unpaired) electrons. The van der Waals surface area contributed by atoms with Crippen molar-refractivity contribution in [3.63, 3.8) is 0 Å². The average molecular weight is 439 g/mol. The van der Waals surface area contributed by atoms with Gasteiger partial charge in [-0.05, 0) is 35.4 Å². The summed E-state index contributed by atoms with van der Waals surface area (Å²) in [6.07, 6.45) is 1.60. The Morgan fingerprint density at radius 2 is 1.76 bits per heavy atom. The number of urea groups is 1. The van der Waals surface area contributed by atoms with Gasteiger partial charge in [-0.15, -0.1) is 0 Å². The second-order valence-corrected chi connectivity index (χ2v) is 7.33. The number of carbonyl (C=O) groups is 2. The van der Waals surface area contributed by atoms with Gasteiger partial charge in [-0.1, -0.05) is 54.6 Å². The number of nitrogens with zero attached hydrogens (tertiary/aromatic N) is 2. The van der Waals surface area contributed by atoms with E-state index in [1.54, 1.807) is 36.4 Å². The molecule has 3 aromatic rings. The van der Waals surface area contributed by atoms with Crippen LogP contribution in [0, 0.1) is 11.3 Å². The molecule has 0 atom stereocenters. The molecule has 3 aromatic carbocycles. The molecule has 1 fully saturated rings. The second kappa shape index (κ2) is 9.71. The molecule has 164 valence electrons. The number of hydrogen-bond acceptors (Lipinski definition) is 5. The van der Waals surface area contributed by atoms with Crippen LogP contribution in [0.5, 0.6) is 11.5 Å². The SMILES string of the molecule is COc1cc(/C=C2\NC(=O)N(Cc3ccccc3)C2=O)ccc1OCc1ccccc1C#N. The summed E-state index contributed by atoms with van der Waals surface area (Å²) in [6, 6.07) is 23.4. The van der Waals surface area contributed by atoms with Crippen molar-refractivity contribution in [2.75, 3.05) is 7.11 Å². The van der Waals surface area contributed by atoms with Crippen LogP contribution in [-0.4, -0.2) is 23.9 Å². The third kappa shape index (κ3) is 4.86. The Morgan fingerprint density at radius 1 is 1.00 bits per heavy atom. The first kappa shape index (κ1) is 21.7. The summed E-state index contributed by atoms with van der Waals surface area (Å²) in [5, 5.41) is 11.9. The van der Waals surface area contributed by atoms with E-state index in [1.807, 2.05) is 42.5 Å². The van der Waals surface area contributed by atoms with Crippen molar-refractivity contribution < 1.29 is 19.1 Å². The summed E-state index contributed by atoms with van der Waals surface area (Å²) in [5.74, 6) is 0.577. The zero-order valence-electron chi connectivity index (χ0n) is 17.9. The van der Waals surface area contributed by atoms with Crippen molar-refractivity contribution >= 4 is 18.0 Å². The van der Waals surface area contributed by atoms with Gasteiger partial charge >= 0.3 is 6.03 Å². The van der Waals surface area contributed by atoms with Gasteiger partial charge in [0.2, 0.25) is 0 Å². The van der Waals surface area contributed by atoms with Crippen LogP contribution in [0.3, 0.4) is 0 Å². The summed E-state index contributed by atoms with van der Waals surface area (Å²) in [6.45, 7) is 0.409. The van der Waals surface area contributed by atoms with E-state index in [4.69, 9.17) is 9.47 Å². The smallest absolute Gasteiger partial charge is 0.329 e. The second-order valence-electron chi connectivity index (χ2n) is 7.33. The molecule has 0 aliphatic carbocycles. The molecule has 1 saturated heterocycles. The highest BCUT2D eigenvalue weighted by Gasteiger charge is 2.33. The fourth-order valence-electron chi connectivity index (χ4n) is 3.45. The number of hydrogen-bond donors (Lipinski definition) is 1. The Hall–Kier alpha value is -4.57. The van der Waals surface area contributed by atoms with Crippen LogP contribution in [0.1, 0.15) is 22.3 Å². The predicted octanol–water partition coefficient (Wildman–Crippen LogP) is 4.24. The first-order valence-corrected chi connectivity index (χ1v) is 10.3. The molecule has 0 aromatic heterocycles. The number of methoxy groups -OCH3 is 1. The topological polar surface area (TPSA) is 91.7 Å². The number of amides is 3. The first-order valence-electron chi connectivity index (χ1n) is 10.3. The molecule has 33 heavy (non-hydrogen) atoms. The van der Waals surface area contributed by atoms with E-state index < -0.39 is 11.9 Å². The monoisotopic (exact) mass is 439 g/mol. The molecule has 1 aliphatic heterocycles. The van der Waals surface area contributed by atoms with Crippen molar-refractivity contribution in [2.45, 2.75) is 13.2 Å². The number of carbonyl (C=O) groups excluding carboxylic acids is 2. The molecule has 1 N–H and O–H groups in total. The number of benzene rings is 3. The maximum atomic E-state index is 12.8. The van der Waals surface area contributed by atoms with Crippen LogP contribution >= 0.6 is 0 Å². The molecular formula is C26H21N3O4. The van der Waals surface area contributed by atoms with E-state index in [1.165, 1.54) is 12.0 Å². The minimum atomic E-state index is -0.460. The highest BCUT2D eigenvalue weighted by Crippen LogP contribution is 2.30. The Morgan fingerprint density at radius 3 is 2.52 bits per heavy atom. The predicted molar refractivity (Wildman–Crippen MR) is 122 cm³/mol. The molecule has 0 unspecified atom stereocenters. The molecular weight excluding hydrogens is 418 g/mol. The zero-order valence-corrected chi connectivity index (χ0v) is 17.9. The Labute approximate surface area is 191 Å². The van der Waals surface area contributed by atoms with Crippen LogP contribution in [0.25, 0.3) is 6.08 Å². The minimum absolute atomic E-state index is 0.189. The fourth-order valence-corrected chi connectivity index (χ4v) is 3.45. The number of nitriles is 1. The van der Waals surface area contributed by atoms with Crippen LogP contribution in [0.2, 0.25) is 0 Å². The lowest BCUT2D eigenvalue weighted by atomic mass is 10.1. The third-order valence-corrected chi connectivity index (χ3v) is 5.17. The van der Waals surface area contributed by atoms with Crippen LogP contribution in [0.4, 0.5) is 4.79 Å². The van der Waals surface area contributed by atoms with E-state index in [0.29, 0.717) is 22.6 Å². The number of ether oxygens (including phenoxy) is 2. The summed E-state index contributed by atoms with van der Waals surface area (Å²) in [4.78, 5) is 26.3. The van der Waals surface area contributed by atoms with Gasteiger partial charge in [0.25, 0.3) is 5.91 Å². The van der Waals surface area contributed by atoms with Crippen molar-refractivity contribution in [1.29, 1.82) is 5.26 Å². The van der Waals surface area contributed by atoms with Gasteiger partial charge in [-0.3, -0.25) is 9.69 Å². The third-order valence-electron chi connectivity index (χ3n) is 5.17. The van der Waals surface area contributed by atoms with Crippen molar-refractivity contribution in [3.05, 3.63) is 101 Å². The molecule has 1 heterocycles. The van der Waals surface area contributed by atoms with Gasteiger partial charge in [0.1, 0.15) is 12.3 Å². The number of nitrogens with one attached hydrogen (secondary N) is 1. The van der Waals surface area contributed by atoms with Gasteiger partial charge in [-0.25, -0.2) is 4.79 Å². The van der Waals surface area contributed by atoms with E-state index in [9.17, 15) is 14.9 Å². The molecule has 0 saturated carbocycles. The Kier molecular flexibility index (Phi) is 6.37. The van der Waals surface area contributed by atoms with Gasteiger partial charge in [0.05, 0.1) is 25.3 Å². The van der Waals surface area contributed by atoms with Crippen LogP contribution in [-0.2, 0) is 17.9 Å². The number of rotatable bonds is 7. The van der Waals surface area contributed by atoms with E-state index >= 15 is 0 Å². The summed E-state index contributed by atoms with van der Waals surface area (Å²) in [7, 11) is 1.52. The Bertz CT molecular complexity index is 1260. The summed E-state index contributed by atoms with van der Waals surface area (Å²) < 4.78 is 11.3. The van der Waals surface area contributed by atoms with E-state index in [0.717, 1.165) is 11.1 Å². The lowest BCUT2D eigenvalue weighted by Gasteiger charge is -2.12. The highest BCUT2D eigenvalue weighted by molar-refractivity contribution is 6.13. The molecule has 0 spiro atoms. The van der Waals surface area contributed by atoms with Gasteiger partial charge < -0.3 is 14.8 Å². The standard InChI is InChI=1S/C26H21N3O4/c1-32-24-14-19(11-12-23(24)33-17-21-10-6-5-9-20(21)15-27)13-22-25(30)29(26(31)28-22)16-18-7-3-2-4-8-18/h2-14H,16-17H2,1H3,(H,28,31)/b22-13-. The van der Waals surface area contributed by atoms with Gasteiger partial charge in [-0.2, -0.15) is 5.26 Å². The van der Waals surface area contributed by atoms with Crippen LogP contribution < -0.4 is 14.8 Å². The maximum Gasteiger partial charge on any atom is 0.329 e. The summed E-state index contributed by atoms with van der Waals surface area (Å²) in [5.41, 5.74) is 3.04. The normalized spacial score (nSPS) is 14.2. The lowest BCUT2D eigenvalue weighted by Crippen LogP contribution is -2.30. The first-order chi connectivity index (χ1) is 16.1. The average Bonchev–Trinajstić information content (AvgIpc) is 3.11. The highest BCUT2D eigenvalue weighted by atomic mass is 16.5. The molecule has 0 bridgehead atoms. The molecule has 1 aliphatic rings. The molecule has 4 rings (SSSR count). The largest absolute Gasteiger partial charge is 0.493 e. The molecule has 7 heteroatoms. The lowest BCUT2D eigenvalue weighted by molar-refractivity contribution is -0.123. The van der Waals surface area contributed by atoms with E-state index in [-0.39, 0.29) is 18.8 Å². The summed E-state index contributed by atoms with van der Waals surface area (Å²) >= 11 is 0. The van der Waals surface area contributed by atoms with Gasteiger partial charge in [0.15, 0.2) is 11.5 Å². The van der Waals surface area contributed by atoms with Gasteiger partial charge in [0, 0.05) is 5.56 Å². The minimum Gasteiger partial charge on any atom is -0.493 e. The van der Waals surface area contributed by atoms with E-state index in [2.05, 4.69) is 11.4 Å². The number of imide groups is 1. The Balaban J connectivity index is 1.50. The van der Waals surface area contributed by atoms with Crippen LogP contribution in [0.15, 0.2) is 78.5 Å². The quantitative estimate of drug-likeness (QED) is 0.439. The fraction of sp³-hybridized carbons (Fsp3) is 0.115.